The summed E-state index contributed by atoms with van der Waals surface area (Å²) in [6.07, 6.45) is 8.17. The molecule has 0 spiro atoms. The van der Waals surface area contributed by atoms with Crippen molar-refractivity contribution in [2.75, 3.05) is 6.54 Å². The first-order valence-corrected chi connectivity index (χ1v) is 9.16. The van der Waals surface area contributed by atoms with Gasteiger partial charge in [0.15, 0.2) is 0 Å². The molecule has 0 radical (unpaired) electrons. The van der Waals surface area contributed by atoms with Crippen molar-refractivity contribution in [2.45, 2.75) is 72.3 Å². The molecule has 0 saturated heterocycles. The number of rotatable bonds is 6. The Morgan fingerprint density at radius 2 is 2.00 bits per heavy atom. The van der Waals surface area contributed by atoms with Gasteiger partial charge < -0.3 is 5.32 Å². The van der Waals surface area contributed by atoms with Crippen LogP contribution in [0.3, 0.4) is 0 Å². The number of aryl methyl sites for hydroxylation is 2. The maximum atomic E-state index is 4.66. The molecule has 0 aliphatic heterocycles. The number of nitrogens with zero attached hydrogens (tertiary/aromatic N) is 1. The minimum absolute atomic E-state index is 0.534. The summed E-state index contributed by atoms with van der Waals surface area (Å²) >= 11 is 1.91. The normalized spacial score (nSPS) is 24.8. The molecule has 2 nitrogen and oxygen atoms in total. The first kappa shape index (κ1) is 16.0. The molecule has 1 aromatic rings. The van der Waals surface area contributed by atoms with Gasteiger partial charge in [-0.3, -0.25) is 0 Å². The van der Waals surface area contributed by atoms with Crippen LogP contribution in [0.1, 0.15) is 74.0 Å². The van der Waals surface area contributed by atoms with Crippen molar-refractivity contribution in [3.05, 3.63) is 15.6 Å². The summed E-state index contributed by atoms with van der Waals surface area (Å²) in [7, 11) is 0. The summed E-state index contributed by atoms with van der Waals surface area (Å²) in [5.41, 5.74) is 1.25. The molecule has 3 atom stereocenters. The fourth-order valence-electron chi connectivity index (χ4n) is 3.76. The third-order valence-corrected chi connectivity index (χ3v) is 5.91. The first-order valence-electron chi connectivity index (χ1n) is 8.34. The zero-order chi connectivity index (χ0) is 14.5. The summed E-state index contributed by atoms with van der Waals surface area (Å²) in [6.45, 7) is 10.1. The van der Waals surface area contributed by atoms with Crippen molar-refractivity contribution in [1.29, 1.82) is 0 Å². The maximum Gasteiger partial charge on any atom is 0.0900 e. The Balaban J connectivity index is 2.23. The monoisotopic (exact) mass is 294 g/mol. The molecular weight excluding hydrogens is 264 g/mol. The summed E-state index contributed by atoms with van der Waals surface area (Å²) in [5.74, 6) is 1.69. The Hall–Kier alpha value is -0.410. The van der Waals surface area contributed by atoms with Gasteiger partial charge in [-0.25, -0.2) is 4.98 Å². The van der Waals surface area contributed by atoms with Gasteiger partial charge >= 0.3 is 0 Å². The van der Waals surface area contributed by atoms with Crippen molar-refractivity contribution in [3.63, 3.8) is 0 Å². The summed E-state index contributed by atoms with van der Waals surface area (Å²) in [4.78, 5) is 6.17. The van der Waals surface area contributed by atoms with Gasteiger partial charge in [0.2, 0.25) is 0 Å². The molecule has 1 aliphatic carbocycles. The maximum absolute atomic E-state index is 4.66. The van der Waals surface area contributed by atoms with Crippen LogP contribution >= 0.6 is 11.3 Å². The van der Waals surface area contributed by atoms with Crippen LogP contribution in [0.2, 0.25) is 0 Å². The molecule has 3 heteroatoms. The number of nitrogens with one attached hydrogen (secondary N) is 1. The number of aromatic nitrogens is 1. The standard InChI is InChI=1S/C17H30N2S/c1-5-11-18-16(17-12(3)19-13(4)20-17)15-10-8-7-9-14(15)6-2/h14-16,18H,5-11H2,1-4H3. The van der Waals surface area contributed by atoms with Crippen molar-refractivity contribution in [1.82, 2.24) is 10.3 Å². The first-order chi connectivity index (χ1) is 9.67. The predicted octanol–water partition coefficient (Wildman–Crippen LogP) is 5.02. The molecule has 2 rings (SSSR count). The molecule has 0 bridgehead atoms. The van der Waals surface area contributed by atoms with Crippen LogP contribution in [0.15, 0.2) is 0 Å². The van der Waals surface area contributed by atoms with Crippen LogP contribution < -0.4 is 5.32 Å². The second-order valence-corrected chi connectivity index (χ2v) is 7.47. The van der Waals surface area contributed by atoms with Crippen molar-refractivity contribution >= 4 is 11.3 Å². The van der Waals surface area contributed by atoms with E-state index in [2.05, 4.69) is 38.0 Å². The average molecular weight is 295 g/mol. The van der Waals surface area contributed by atoms with E-state index in [0.29, 0.717) is 6.04 Å². The zero-order valence-electron chi connectivity index (χ0n) is 13.5. The van der Waals surface area contributed by atoms with Gasteiger partial charge in [0.1, 0.15) is 0 Å². The van der Waals surface area contributed by atoms with Gasteiger partial charge in [0.05, 0.1) is 10.7 Å². The van der Waals surface area contributed by atoms with E-state index in [1.165, 1.54) is 54.1 Å². The molecule has 20 heavy (non-hydrogen) atoms. The Labute approximate surface area is 128 Å². The van der Waals surface area contributed by atoms with E-state index in [1.807, 2.05) is 11.3 Å². The topological polar surface area (TPSA) is 24.9 Å². The number of hydrogen-bond acceptors (Lipinski definition) is 3. The van der Waals surface area contributed by atoms with E-state index in [4.69, 9.17) is 0 Å². The minimum atomic E-state index is 0.534. The second kappa shape index (κ2) is 7.56. The van der Waals surface area contributed by atoms with E-state index < -0.39 is 0 Å². The van der Waals surface area contributed by atoms with E-state index in [-0.39, 0.29) is 0 Å². The highest BCUT2D eigenvalue weighted by Crippen LogP contribution is 2.42. The summed E-state index contributed by atoms with van der Waals surface area (Å²) < 4.78 is 0. The molecule has 1 heterocycles. The molecule has 114 valence electrons. The SMILES string of the molecule is CCCNC(c1sc(C)nc1C)C1CCCCC1CC. The molecule has 0 aromatic carbocycles. The van der Waals surface area contributed by atoms with E-state index >= 15 is 0 Å². The van der Waals surface area contributed by atoms with Crippen LogP contribution in [0, 0.1) is 25.7 Å². The lowest BCUT2D eigenvalue weighted by Crippen LogP contribution is -2.34. The third-order valence-electron chi connectivity index (χ3n) is 4.76. The second-order valence-electron chi connectivity index (χ2n) is 6.23. The lowest BCUT2D eigenvalue weighted by Gasteiger charge is -2.37. The van der Waals surface area contributed by atoms with Crippen molar-refractivity contribution < 1.29 is 0 Å². The van der Waals surface area contributed by atoms with Crippen LogP contribution in [0.4, 0.5) is 0 Å². The molecule has 1 saturated carbocycles. The predicted molar refractivity (Wildman–Crippen MR) is 88.4 cm³/mol. The fraction of sp³-hybridized carbons (Fsp3) is 0.824. The third kappa shape index (κ3) is 3.62. The smallest absolute Gasteiger partial charge is 0.0900 e. The van der Waals surface area contributed by atoms with Gasteiger partial charge in [-0.05, 0) is 45.1 Å². The van der Waals surface area contributed by atoms with E-state index in [9.17, 15) is 0 Å². The number of thiazole rings is 1. The lowest BCUT2D eigenvalue weighted by atomic mass is 9.73. The molecule has 1 aromatic heterocycles. The van der Waals surface area contributed by atoms with Gasteiger partial charge in [-0.2, -0.15) is 0 Å². The molecule has 0 amide bonds. The summed E-state index contributed by atoms with van der Waals surface area (Å²) in [6, 6.07) is 0.534. The summed E-state index contributed by atoms with van der Waals surface area (Å²) in [5, 5.41) is 5.06. The molecule has 1 aliphatic rings. The minimum Gasteiger partial charge on any atom is -0.309 e. The quantitative estimate of drug-likeness (QED) is 0.797. The van der Waals surface area contributed by atoms with Gasteiger partial charge in [0, 0.05) is 10.9 Å². The molecule has 1 N–H and O–H groups in total. The van der Waals surface area contributed by atoms with Crippen molar-refractivity contribution in [2.24, 2.45) is 11.8 Å². The largest absolute Gasteiger partial charge is 0.309 e. The Morgan fingerprint density at radius 1 is 1.25 bits per heavy atom. The Bertz CT molecular complexity index is 413. The van der Waals surface area contributed by atoms with Crippen LogP contribution in [-0.2, 0) is 0 Å². The van der Waals surface area contributed by atoms with E-state index in [1.54, 1.807) is 0 Å². The lowest BCUT2D eigenvalue weighted by molar-refractivity contribution is 0.177. The van der Waals surface area contributed by atoms with Crippen LogP contribution in [0.25, 0.3) is 0 Å². The van der Waals surface area contributed by atoms with Gasteiger partial charge in [-0.1, -0.05) is 39.5 Å². The number of hydrogen-bond donors (Lipinski definition) is 1. The molecule has 3 unspecified atom stereocenters. The fourth-order valence-corrected chi connectivity index (χ4v) is 4.84. The van der Waals surface area contributed by atoms with Crippen molar-refractivity contribution in [3.8, 4) is 0 Å². The molecule has 1 fully saturated rings. The molecular formula is C17H30N2S. The Morgan fingerprint density at radius 3 is 2.60 bits per heavy atom. The van der Waals surface area contributed by atoms with Gasteiger partial charge in [0.25, 0.3) is 0 Å². The highest BCUT2D eigenvalue weighted by atomic mass is 32.1. The zero-order valence-corrected chi connectivity index (χ0v) is 14.4. The van der Waals surface area contributed by atoms with Crippen LogP contribution in [-0.4, -0.2) is 11.5 Å². The van der Waals surface area contributed by atoms with Gasteiger partial charge in [-0.15, -0.1) is 11.3 Å². The highest BCUT2D eigenvalue weighted by molar-refractivity contribution is 7.11. The Kier molecular flexibility index (Phi) is 6.03. The van der Waals surface area contributed by atoms with E-state index in [0.717, 1.165) is 18.4 Å². The average Bonchev–Trinajstić information content (AvgIpc) is 2.79. The van der Waals surface area contributed by atoms with Crippen LogP contribution in [0.5, 0.6) is 0 Å². The highest BCUT2D eigenvalue weighted by Gasteiger charge is 2.33.